The van der Waals surface area contributed by atoms with E-state index in [9.17, 15) is 15.0 Å². The van der Waals surface area contributed by atoms with Crippen LogP contribution in [0.5, 0.6) is 0 Å². The second-order valence-electron chi connectivity index (χ2n) is 22.5. The van der Waals surface area contributed by atoms with Gasteiger partial charge in [0.05, 0.1) is 18.8 Å². The lowest BCUT2D eigenvalue weighted by atomic mass is 10.0. The topological polar surface area (TPSA) is 69.6 Å². The fourth-order valence-corrected chi connectivity index (χ4v) is 10.1. The van der Waals surface area contributed by atoms with Gasteiger partial charge in [-0.2, -0.15) is 0 Å². The van der Waals surface area contributed by atoms with E-state index >= 15 is 0 Å². The summed E-state index contributed by atoms with van der Waals surface area (Å²) in [6, 6.07) is -0.644. The molecular formula is C71H129NO3. The van der Waals surface area contributed by atoms with Crippen molar-refractivity contribution >= 4 is 5.91 Å². The number of allylic oxidation sites excluding steroid dienone is 13. The molecule has 0 heterocycles. The molecule has 0 radical (unpaired) electrons. The van der Waals surface area contributed by atoms with E-state index in [0.29, 0.717) is 6.42 Å². The van der Waals surface area contributed by atoms with Gasteiger partial charge in [0.1, 0.15) is 0 Å². The third-order valence-electron chi connectivity index (χ3n) is 15.1. The van der Waals surface area contributed by atoms with Gasteiger partial charge in [0, 0.05) is 6.42 Å². The van der Waals surface area contributed by atoms with E-state index in [-0.39, 0.29) is 12.5 Å². The number of carbonyl (C=O) groups is 1. The number of amides is 1. The van der Waals surface area contributed by atoms with Crippen LogP contribution in [-0.2, 0) is 4.79 Å². The minimum absolute atomic E-state index is 0.0711. The highest BCUT2D eigenvalue weighted by Crippen LogP contribution is 2.18. The molecule has 2 unspecified atom stereocenters. The largest absolute Gasteiger partial charge is 0.394 e. The number of rotatable bonds is 61. The highest BCUT2D eigenvalue weighted by atomic mass is 16.3. The predicted octanol–water partition coefficient (Wildman–Crippen LogP) is 22.7. The molecule has 0 aliphatic carbocycles. The molecule has 0 spiro atoms. The third-order valence-corrected chi connectivity index (χ3v) is 15.1. The standard InChI is InChI=1S/C71H129NO3/c1-3-5-7-9-11-13-15-17-19-21-23-25-27-29-31-33-35-36-37-39-41-43-45-47-49-51-53-55-57-59-61-63-65-67-71(75)72-69(68-73)70(74)66-64-62-60-58-56-54-52-50-48-46-44-42-40-38-34-32-30-28-26-24-22-20-18-16-14-12-10-8-6-4-2/h5,7,11,13,17,19,23,25,29,31,56,58,64,66,69-70,73-74H,3-4,6,8-10,12,14-16,18,20-22,24,26-28,30,32-55,57,59-63,65,67-68H2,1-2H3,(H,72,75)/b7-5-,13-11-,19-17-,25-23-,31-29-,58-56+,66-64+. The van der Waals surface area contributed by atoms with Gasteiger partial charge in [-0.05, 0) is 77.0 Å². The molecule has 0 fully saturated rings. The first-order valence-electron chi connectivity index (χ1n) is 33.3. The highest BCUT2D eigenvalue weighted by molar-refractivity contribution is 5.76. The minimum atomic E-state index is -0.867. The summed E-state index contributed by atoms with van der Waals surface area (Å²) in [7, 11) is 0. The first-order chi connectivity index (χ1) is 37.2. The van der Waals surface area contributed by atoms with E-state index < -0.39 is 12.1 Å². The number of carbonyl (C=O) groups excluding carboxylic acids is 1. The fourth-order valence-electron chi connectivity index (χ4n) is 10.1. The Morgan fingerprint density at radius 3 is 0.933 bits per heavy atom. The summed E-state index contributed by atoms with van der Waals surface area (Å²) < 4.78 is 0. The summed E-state index contributed by atoms with van der Waals surface area (Å²) in [5, 5.41) is 23.3. The van der Waals surface area contributed by atoms with E-state index in [2.05, 4.69) is 92.1 Å². The Labute approximate surface area is 469 Å². The molecule has 3 N–H and O–H groups in total. The van der Waals surface area contributed by atoms with Gasteiger partial charge < -0.3 is 15.5 Å². The first-order valence-corrected chi connectivity index (χ1v) is 33.3. The summed E-state index contributed by atoms with van der Waals surface area (Å²) in [5.41, 5.74) is 0. The van der Waals surface area contributed by atoms with Crippen LogP contribution in [0.3, 0.4) is 0 Å². The lowest BCUT2D eigenvalue weighted by Gasteiger charge is -2.19. The zero-order valence-corrected chi connectivity index (χ0v) is 50.3. The van der Waals surface area contributed by atoms with Crippen molar-refractivity contribution in [3.8, 4) is 0 Å². The lowest BCUT2D eigenvalue weighted by molar-refractivity contribution is -0.123. The normalized spacial score (nSPS) is 13.3. The number of aliphatic hydroxyl groups is 2. The smallest absolute Gasteiger partial charge is 0.220 e. The van der Waals surface area contributed by atoms with Crippen LogP contribution in [0.2, 0.25) is 0 Å². The van der Waals surface area contributed by atoms with Crippen molar-refractivity contribution in [3.63, 3.8) is 0 Å². The second-order valence-corrected chi connectivity index (χ2v) is 22.5. The maximum absolute atomic E-state index is 12.5. The van der Waals surface area contributed by atoms with Crippen LogP contribution in [0.1, 0.15) is 341 Å². The Hall–Kier alpha value is -2.43. The predicted molar refractivity (Wildman–Crippen MR) is 336 cm³/mol. The van der Waals surface area contributed by atoms with Crippen molar-refractivity contribution in [2.75, 3.05) is 6.61 Å². The van der Waals surface area contributed by atoms with Crippen LogP contribution in [0.4, 0.5) is 0 Å². The molecule has 4 nitrogen and oxygen atoms in total. The summed E-state index contributed by atoms with van der Waals surface area (Å²) in [6.45, 7) is 4.21. The Morgan fingerprint density at radius 2 is 0.600 bits per heavy atom. The van der Waals surface area contributed by atoms with Crippen molar-refractivity contribution in [1.29, 1.82) is 0 Å². The summed E-state index contributed by atoms with van der Waals surface area (Å²) in [5.74, 6) is -0.0711. The monoisotopic (exact) mass is 1040 g/mol. The molecular weight excluding hydrogens is 915 g/mol. The molecule has 75 heavy (non-hydrogen) atoms. The third kappa shape index (κ3) is 62.3. The number of aliphatic hydroxyl groups excluding tert-OH is 2. The van der Waals surface area contributed by atoms with Crippen molar-refractivity contribution in [2.24, 2.45) is 0 Å². The van der Waals surface area contributed by atoms with Crippen molar-refractivity contribution in [1.82, 2.24) is 5.32 Å². The molecule has 0 saturated heterocycles. The van der Waals surface area contributed by atoms with Crippen LogP contribution >= 0.6 is 0 Å². The van der Waals surface area contributed by atoms with Crippen LogP contribution in [-0.4, -0.2) is 34.9 Å². The quantitative estimate of drug-likeness (QED) is 0.0420. The van der Waals surface area contributed by atoms with Crippen LogP contribution in [0.25, 0.3) is 0 Å². The molecule has 0 aromatic carbocycles. The highest BCUT2D eigenvalue weighted by Gasteiger charge is 2.18. The molecule has 0 aliphatic heterocycles. The molecule has 0 bridgehead atoms. The number of hydrogen-bond donors (Lipinski definition) is 3. The molecule has 0 rings (SSSR count). The van der Waals surface area contributed by atoms with E-state index in [1.165, 1.54) is 257 Å². The number of unbranched alkanes of at least 4 members (excludes halogenated alkanes) is 42. The van der Waals surface area contributed by atoms with Crippen molar-refractivity contribution in [3.05, 3.63) is 85.1 Å². The van der Waals surface area contributed by atoms with Crippen molar-refractivity contribution < 1.29 is 15.0 Å². The molecule has 436 valence electrons. The molecule has 4 heteroatoms. The lowest BCUT2D eigenvalue weighted by Crippen LogP contribution is -2.45. The van der Waals surface area contributed by atoms with Gasteiger partial charge in [-0.1, -0.05) is 343 Å². The number of nitrogens with one attached hydrogen (secondary N) is 1. The fraction of sp³-hybridized carbons (Fsp3) is 0.789. The molecule has 0 aromatic rings. The molecule has 0 saturated carbocycles. The minimum Gasteiger partial charge on any atom is -0.394 e. The van der Waals surface area contributed by atoms with E-state index in [4.69, 9.17) is 0 Å². The van der Waals surface area contributed by atoms with Gasteiger partial charge in [0.2, 0.25) is 5.91 Å². The summed E-state index contributed by atoms with van der Waals surface area (Å²) >= 11 is 0. The van der Waals surface area contributed by atoms with E-state index in [1.54, 1.807) is 6.08 Å². The van der Waals surface area contributed by atoms with Crippen LogP contribution in [0.15, 0.2) is 85.1 Å². The van der Waals surface area contributed by atoms with E-state index in [1.807, 2.05) is 6.08 Å². The molecule has 0 aliphatic rings. The second kappa shape index (κ2) is 65.9. The van der Waals surface area contributed by atoms with Crippen LogP contribution in [0, 0.1) is 0 Å². The summed E-state index contributed by atoms with van der Waals surface area (Å²) in [4.78, 5) is 12.5. The average Bonchev–Trinajstić information content (AvgIpc) is 3.41. The Balaban J connectivity index is 3.49. The average molecular weight is 1040 g/mol. The molecule has 2 atom stereocenters. The SMILES string of the molecule is CC/C=C\C/C=C\C/C=C\C/C=C\C/C=C\CCCCCCCCCCCCCCCCCCCC(=O)NC(CO)C(O)/C=C/CC/C=C/CCCCCCCCCCCCCCCCCCCCCCCCCC. The van der Waals surface area contributed by atoms with Gasteiger partial charge in [-0.25, -0.2) is 0 Å². The Kier molecular flexibility index (Phi) is 63.7. The maximum atomic E-state index is 12.5. The van der Waals surface area contributed by atoms with Gasteiger partial charge in [-0.3, -0.25) is 4.79 Å². The van der Waals surface area contributed by atoms with Gasteiger partial charge >= 0.3 is 0 Å². The maximum Gasteiger partial charge on any atom is 0.220 e. The zero-order valence-electron chi connectivity index (χ0n) is 50.3. The zero-order chi connectivity index (χ0) is 54.1. The van der Waals surface area contributed by atoms with Gasteiger partial charge in [0.25, 0.3) is 0 Å². The first kappa shape index (κ1) is 72.6. The molecule has 1 amide bonds. The van der Waals surface area contributed by atoms with Crippen LogP contribution < -0.4 is 5.32 Å². The molecule has 0 aromatic heterocycles. The van der Waals surface area contributed by atoms with Gasteiger partial charge in [0.15, 0.2) is 0 Å². The van der Waals surface area contributed by atoms with Gasteiger partial charge in [-0.15, -0.1) is 0 Å². The van der Waals surface area contributed by atoms with E-state index in [0.717, 1.165) is 64.2 Å². The Morgan fingerprint density at radius 1 is 0.333 bits per heavy atom. The van der Waals surface area contributed by atoms with Crippen molar-refractivity contribution in [2.45, 2.75) is 353 Å². The summed E-state index contributed by atoms with van der Waals surface area (Å²) in [6.07, 6.45) is 96.6. The Bertz CT molecular complexity index is 1320. The number of hydrogen-bond acceptors (Lipinski definition) is 3.